The molecule has 1 saturated heterocycles. The molecule has 0 spiro atoms. The lowest BCUT2D eigenvalue weighted by molar-refractivity contribution is -0.138. The maximum absolute atomic E-state index is 14.1. The van der Waals surface area contributed by atoms with Gasteiger partial charge in [-0.25, -0.2) is 0 Å². The number of nitrogens with zero attached hydrogens (tertiary/aromatic N) is 1. The molecule has 2 amide bonds. The first-order chi connectivity index (χ1) is 17.2. The van der Waals surface area contributed by atoms with E-state index in [1.54, 1.807) is 6.26 Å². The average molecular weight is 470 g/mol. The first kappa shape index (κ1) is 22.0. The van der Waals surface area contributed by atoms with Crippen molar-refractivity contribution in [1.29, 1.82) is 0 Å². The molecule has 0 radical (unpaired) electrons. The summed E-state index contributed by atoms with van der Waals surface area (Å²) < 4.78 is 5.80. The zero-order chi connectivity index (χ0) is 23.8. The van der Waals surface area contributed by atoms with Gasteiger partial charge in [0.15, 0.2) is 0 Å². The summed E-state index contributed by atoms with van der Waals surface area (Å²) >= 11 is 0. The number of rotatable bonds is 4. The standard InChI is InChI=1S/C29H31N3O3/c33-28(19-9-2-1-3-10-19)31-24-14-7-5-12-21(24)29(34)32-17-16-22-26(25-15-8-18-35-25)30-23-13-6-4-11-20(23)27(22)32/h1-4,6,8-11,13,15,18,21-22,24,26-27,30H,5,7,12,14,16-17H2,(H,31,33)/t21-,22+,24+,26+,27-/m0/s1. The number of furan rings is 1. The van der Waals surface area contributed by atoms with Gasteiger partial charge >= 0.3 is 0 Å². The lowest BCUT2D eigenvalue weighted by Crippen LogP contribution is -2.50. The number of carbonyl (C=O) groups is 2. The molecule has 3 heterocycles. The fourth-order valence-electron chi connectivity index (χ4n) is 6.38. The van der Waals surface area contributed by atoms with Gasteiger partial charge in [-0.2, -0.15) is 0 Å². The van der Waals surface area contributed by atoms with Crippen LogP contribution in [0.25, 0.3) is 0 Å². The number of amides is 2. The highest BCUT2D eigenvalue weighted by atomic mass is 16.3. The fraction of sp³-hybridized carbons (Fsp3) is 0.379. The number of fused-ring (bicyclic) bond motifs is 3. The molecule has 1 aromatic heterocycles. The molecule has 2 N–H and O–H groups in total. The molecule has 5 atom stereocenters. The van der Waals surface area contributed by atoms with E-state index in [1.165, 1.54) is 5.56 Å². The van der Waals surface area contributed by atoms with Gasteiger partial charge in [0, 0.05) is 29.8 Å². The van der Waals surface area contributed by atoms with E-state index in [2.05, 4.69) is 33.7 Å². The second kappa shape index (κ2) is 9.25. The highest BCUT2D eigenvalue weighted by Crippen LogP contribution is 2.51. The summed E-state index contributed by atoms with van der Waals surface area (Å²) in [5.41, 5.74) is 2.87. The zero-order valence-electron chi connectivity index (χ0n) is 19.7. The van der Waals surface area contributed by atoms with Gasteiger partial charge in [-0.3, -0.25) is 9.59 Å². The Morgan fingerprint density at radius 1 is 0.914 bits per heavy atom. The number of carbonyl (C=O) groups excluding carboxylic acids is 2. The van der Waals surface area contributed by atoms with Crippen molar-refractivity contribution in [3.8, 4) is 0 Å². The predicted octanol–water partition coefficient (Wildman–Crippen LogP) is 5.32. The predicted molar refractivity (Wildman–Crippen MR) is 134 cm³/mol. The van der Waals surface area contributed by atoms with Crippen LogP contribution in [-0.4, -0.2) is 29.3 Å². The Labute approximate surface area is 205 Å². The van der Waals surface area contributed by atoms with E-state index in [9.17, 15) is 9.59 Å². The molecule has 6 nitrogen and oxygen atoms in total. The summed E-state index contributed by atoms with van der Waals surface area (Å²) in [6.07, 6.45) is 6.33. The van der Waals surface area contributed by atoms with Gasteiger partial charge in [0.1, 0.15) is 5.76 Å². The van der Waals surface area contributed by atoms with Crippen molar-refractivity contribution >= 4 is 17.5 Å². The van der Waals surface area contributed by atoms with Gasteiger partial charge in [0.25, 0.3) is 5.91 Å². The Balaban J connectivity index is 1.27. The Morgan fingerprint density at radius 2 is 1.71 bits per heavy atom. The third kappa shape index (κ3) is 4.01. The van der Waals surface area contributed by atoms with Gasteiger partial charge in [-0.05, 0) is 55.2 Å². The van der Waals surface area contributed by atoms with Crippen molar-refractivity contribution in [2.24, 2.45) is 11.8 Å². The summed E-state index contributed by atoms with van der Waals surface area (Å²) in [4.78, 5) is 29.1. The summed E-state index contributed by atoms with van der Waals surface area (Å²) in [7, 11) is 0. The van der Waals surface area contributed by atoms with Crippen LogP contribution in [-0.2, 0) is 4.79 Å². The maximum atomic E-state index is 14.1. The van der Waals surface area contributed by atoms with E-state index in [1.807, 2.05) is 48.5 Å². The fourth-order valence-corrected chi connectivity index (χ4v) is 6.38. The monoisotopic (exact) mass is 469 g/mol. The topological polar surface area (TPSA) is 74.6 Å². The van der Waals surface area contributed by atoms with Gasteiger partial charge in [0.2, 0.25) is 5.91 Å². The summed E-state index contributed by atoms with van der Waals surface area (Å²) in [5.74, 6) is 1.03. The van der Waals surface area contributed by atoms with E-state index in [0.29, 0.717) is 5.56 Å². The highest BCUT2D eigenvalue weighted by molar-refractivity contribution is 5.94. The molecule has 2 fully saturated rings. The van der Waals surface area contributed by atoms with Crippen LogP contribution in [0.2, 0.25) is 0 Å². The lowest BCUT2D eigenvalue weighted by Gasteiger charge is -2.41. The Kier molecular flexibility index (Phi) is 5.80. The van der Waals surface area contributed by atoms with E-state index >= 15 is 0 Å². The van der Waals surface area contributed by atoms with E-state index in [-0.39, 0.29) is 41.8 Å². The van der Waals surface area contributed by atoms with Gasteiger partial charge in [-0.1, -0.05) is 49.2 Å². The first-order valence-corrected chi connectivity index (χ1v) is 12.8. The number of likely N-dealkylation sites (tertiary alicyclic amines) is 1. The third-order valence-corrected chi connectivity index (χ3v) is 8.03. The summed E-state index contributed by atoms with van der Waals surface area (Å²) in [5, 5.41) is 6.87. The van der Waals surface area contributed by atoms with Crippen molar-refractivity contribution in [3.05, 3.63) is 89.9 Å². The van der Waals surface area contributed by atoms with Crippen LogP contribution in [0.4, 0.5) is 5.69 Å². The number of para-hydroxylation sites is 1. The molecular formula is C29H31N3O3. The van der Waals surface area contributed by atoms with E-state index in [0.717, 1.165) is 50.1 Å². The first-order valence-electron chi connectivity index (χ1n) is 12.8. The van der Waals surface area contributed by atoms with Crippen molar-refractivity contribution in [3.63, 3.8) is 0 Å². The number of benzene rings is 2. The molecule has 3 aromatic rings. The van der Waals surface area contributed by atoms with Crippen LogP contribution in [0.15, 0.2) is 77.4 Å². The molecule has 1 saturated carbocycles. The zero-order valence-corrected chi connectivity index (χ0v) is 19.7. The Morgan fingerprint density at radius 3 is 2.54 bits per heavy atom. The van der Waals surface area contributed by atoms with Crippen LogP contribution < -0.4 is 10.6 Å². The second-order valence-electron chi connectivity index (χ2n) is 9.99. The second-order valence-corrected chi connectivity index (χ2v) is 9.99. The van der Waals surface area contributed by atoms with Gasteiger partial charge < -0.3 is 20.0 Å². The van der Waals surface area contributed by atoms with E-state index in [4.69, 9.17) is 4.42 Å². The average Bonchev–Trinajstić information content (AvgIpc) is 3.60. The quantitative estimate of drug-likeness (QED) is 0.542. The van der Waals surface area contributed by atoms with Crippen molar-refractivity contribution in [2.75, 3.05) is 11.9 Å². The third-order valence-electron chi connectivity index (χ3n) is 8.03. The number of hydrogen-bond donors (Lipinski definition) is 2. The molecule has 6 rings (SSSR count). The SMILES string of the molecule is O=C(N[C@@H]1CCCC[C@@H]1C(=O)N1CC[C@@H]2[C@H](c3ccco3)Nc3ccccc3[C@@H]21)c1ccccc1. The lowest BCUT2D eigenvalue weighted by atomic mass is 9.80. The molecule has 0 bridgehead atoms. The largest absolute Gasteiger partial charge is 0.467 e. The molecule has 6 heteroatoms. The molecular weight excluding hydrogens is 438 g/mol. The van der Waals surface area contributed by atoms with Crippen LogP contribution in [0.5, 0.6) is 0 Å². The molecule has 2 aliphatic heterocycles. The minimum atomic E-state index is -0.195. The maximum Gasteiger partial charge on any atom is 0.251 e. The molecule has 0 unspecified atom stereocenters. The summed E-state index contributed by atoms with van der Waals surface area (Å²) in [6, 6.07) is 21.4. The minimum Gasteiger partial charge on any atom is -0.467 e. The molecule has 35 heavy (non-hydrogen) atoms. The van der Waals surface area contributed by atoms with Crippen LogP contribution in [0.3, 0.4) is 0 Å². The number of hydrogen-bond acceptors (Lipinski definition) is 4. The van der Waals surface area contributed by atoms with Gasteiger partial charge in [-0.15, -0.1) is 0 Å². The Hall–Kier alpha value is -3.54. The minimum absolute atomic E-state index is 0.00227. The Bertz CT molecular complexity index is 1190. The van der Waals surface area contributed by atoms with E-state index < -0.39 is 0 Å². The van der Waals surface area contributed by atoms with Crippen LogP contribution in [0.1, 0.15) is 65.9 Å². The van der Waals surface area contributed by atoms with Crippen molar-refractivity contribution in [1.82, 2.24) is 10.2 Å². The van der Waals surface area contributed by atoms with Crippen LogP contribution in [0, 0.1) is 11.8 Å². The smallest absolute Gasteiger partial charge is 0.251 e. The summed E-state index contributed by atoms with van der Waals surface area (Å²) in [6.45, 7) is 0.719. The van der Waals surface area contributed by atoms with Crippen LogP contribution >= 0.6 is 0 Å². The molecule has 1 aliphatic carbocycles. The number of anilines is 1. The van der Waals surface area contributed by atoms with Crippen molar-refractivity contribution in [2.45, 2.75) is 50.2 Å². The normalized spacial score (nSPS) is 27.4. The van der Waals surface area contributed by atoms with Crippen molar-refractivity contribution < 1.29 is 14.0 Å². The highest BCUT2D eigenvalue weighted by Gasteiger charge is 2.49. The van der Waals surface area contributed by atoms with Gasteiger partial charge in [0.05, 0.1) is 24.3 Å². The molecule has 180 valence electrons. The molecule has 2 aromatic carbocycles. The molecule has 3 aliphatic rings. The number of nitrogens with one attached hydrogen (secondary N) is 2.